The van der Waals surface area contributed by atoms with Crippen LogP contribution in [-0.2, 0) is 9.59 Å². The average molecular weight is 511 g/mol. The molecule has 3 fully saturated rings. The highest BCUT2D eigenvalue weighted by molar-refractivity contribution is 8.00. The van der Waals surface area contributed by atoms with Gasteiger partial charge in [0.2, 0.25) is 11.8 Å². The van der Waals surface area contributed by atoms with Crippen molar-refractivity contribution >= 4 is 52.2 Å². The molecule has 3 aromatic rings. The normalized spacial score (nSPS) is 33.2. The van der Waals surface area contributed by atoms with Crippen LogP contribution in [-0.4, -0.2) is 27.2 Å². The number of nitrogens with zero attached hydrogens (tertiary/aromatic N) is 1. The Morgan fingerprint density at radius 2 is 1.62 bits per heavy atom. The fourth-order valence-electron chi connectivity index (χ4n) is 6.92. The lowest BCUT2D eigenvalue weighted by Gasteiger charge is -2.43. The summed E-state index contributed by atoms with van der Waals surface area (Å²) in [7, 11) is 0. The summed E-state index contributed by atoms with van der Waals surface area (Å²) >= 11 is 8.92. The van der Waals surface area contributed by atoms with E-state index in [1.807, 2.05) is 12.1 Å². The summed E-state index contributed by atoms with van der Waals surface area (Å²) in [6, 6.07) is 14.0. The molecule has 1 saturated heterocycles. The van der Waals surface area contributed by atoms with Gasteiger partial charge in [0.15, 0.2) is 0 Å². The summed E-state index contributed by atoms with van der Waals surface area (Å²) in [6.07, 6.45) is 0.845. The number of phenols is 1. The van der Waals surface area contributed by atoms with E-state index in [4.69, 9.17) is 11.6 Å². The van der Waals surface area contributed by atoms with Crippen LogP contribution in [0.1, 0.15) is 22.8 Å². The minimum atomic E-state index is -0.341. The molecule has 0 radical (unpaired) electrons. The van der Waals surface area contributed by atoms with Crippen molar-refractivity contribution in [2.24, 2.45) is 29.6 Å². The zero-order valence-electron chi connectivity index (χ0n) is 17.7. The summed E-state index contributed by atoms with van der Waals surface area (Å²) in [5, 5.41) is 11.4. The molecule has 34 heavy (non-hydrogen) atoms. The Bertz CT molecular complexity index is 1400. The Morgan fingerprint density at radius 3 is 2.32 bits per heavy atom. The number of aromatic nitrogens is 1. The Kier molecular flexibility index (Phi) is 4.42. The van der Waals surface area contributed by atoms with E-state index in [1.54, 1.807) is 48.2 Å². The Balaban J connectivity index is 1.32. The lowest BCUT2D eigenvalue weighted by molar-refractivity contribution is -0.123. The molecule has 2 aliphatic carbocycles. The number of aromatic amines is 1. The predicted molar refractivity (Wildman–Crippen MR) is 131 cm³/mol. The van der Waals surface area contributed by atoms with Crippen LogP contribution in [0.3, 0.4) is 0 Å². The van der Waals surface area contributed by atoms with Crippen molar-refractivity contribution in [1.29, 1.82) is 0 Å². The molecule has 6 nitrogen and oxygen atoms in total. The summed E-state index contributed by atoms with van der Waals surface area (Å²) in [5.74, 6) is -0.478. The molecule has 0 unspecified atom stereocenters. The number of fused-ring (bicyclic) bond motifs is 9. The van der Waals surface area contributed by atoms with E-state index in [0.717, 1.165) is 21.9 Å². The van der Waals surface area contributed by atoms with Crippen molar-refractivity contribution < 1.29 is 14.7 Å². The first-order chi connectivity index (χ1) is 16.4. The molecule has 1 aromatic heterocycles. The fourth-order valence-corrected chi connectivity index (χ4v) is 9.93. The number of benzene rings is 2. The number of imide groups is 1. The molecule has 7 rings (SSSR count). The molecule has 2 aromatic carbocycles. The predicted octanol–water partition coefficient (Wildman–Crippen LogP) is 4.47. The number of amides is 2. The van der Waals surface area contributed by atoms with Crippen molar-refractivity contribution in [2.45, 2.75) is 22.6 Å². The van der Waals surface area contributed by atoms with Crippen molar-refractivity contribution in [2.75, 3.05) is 4.90 Å². The van der Waals surface area contributed by atoms with Gasteiger partial charge in [-0.25, -0.2) is 0 Å². The SMILES string of the molecule is O=C1[C@H]2[C@H]3C[C@@H]([C@@H]2C(=O)N1c1ccc(Cl)cc1)[C@H]1[C@H](c2ccc(O)cc2)c2sc(=O)[nH]c2S[C@H]31. The first-order valence-corrected chi connectivity index (χ1v) is 13.3. The summed E-state index contributed by atoms with van der Waals surface area (Å²) in [6.45, 7) is 0. The Labute approximate surface area is 207 Å². The van der Waals surface area contributed by atoms with E-state index < -0.39 is 0 Å². The highest BCUT2D eigenvalue weighted by Gasteiger charge is 2.69. The monoisotopic (exact) mass is 510 g/mol. The summed E-state index contributed by atoms with van der Waals surface area (Å²) < 4.78 is 0. The molecule has 2 aliphatic heterocycles. The number of carbonyl (C=O) groups excluding carboxylic acids is 2. The number of anilines is 1. The second-order valence-electron chi connectivity index (χ2n) is 9.54. The molecule has 2 bridgehead atoms. The van der Waals surface area contributed by atoms with Gasteiger partial charge in [-0.3, -0.25) is 19.3 Å². The van der Waals surface area contributed by atoms with Crippen molar-refractivity contribution in [3.8, 4) is 5.75 Å². The van der Waals surface area contributed by atoms with Crippen LogP contribution in [0, 0.1) is 29.6 Å². The lowest BCUT2D eigenvalue weighted by Crippen LogP contribution is -2.42. The highest BCUT2D eigenvalue weighted by Crippen LogP contribution is 2.68. The van der Waals surface area contributed by atoms with Gasteiger partial charge in [-0.2, -0.15) is 0 Å². The van der Waals surface area contributed by atoms with Gasteiger partial charge in [0.05, 0.1) is 22.5 Å². The van der Waals surface area contributed by atoms with Gasteiger partial charge in [0, 0.05) is 21.1 Å². The third-order valence-electron chi connectivity index (χ3n) is 8.06. The van der Waals surface area contributed by atoms with Gasteiger partial charge < -0.3 is 10.1 Å². The quantitative estimate of drug-likeness (QED) is 0.496. The van der Waals surface area contributed by atoms with Gasteiger partial charge in [-0.15, -0.1) is 11.8 Å². The number of aromatic hydroxyl groups is 1. The van der Waals surface area contributed by atoms with Crippen molar-refractivity contribution in [1.82, 2.24) is 4.98 Å². The second-order valence-corrected chi connectivity index (χ2v) is 12.2. The van der Waals surface area contributed by atoms with Gasteiger partial charge >= 0.3 is 4.87 Å². The van der Waals surface area contributed by atoms with Gasteiger partial charge in [-0.05, 0) is 66.1 Å². The van der Waals surface area contributed by atoms with E-state index >= 15 is 0 Å². The van der Waals surface area contributed by atoms with Crippen LogP contribution in [0.25, 0.3) is 0 Å². The van der Waals surface area contributed by atoms with Crippen LogP contribution < -0.4 is 9.77 Å². The number of rotatable bonds is 2. The molecule has 0 spiro atoms. The molecule has 4 aliphatic rings. The molecule has 172 valence electrons. The van der Waals surface area contributed by atoms with E-state index in [0.29, 0.717) is 10.7 Å². The molecule has 2 saturated carbocycles. The molecule has 7 atom stereocenters. The Hall–Kier alpha value is -2.55. The molecule has 2 N–H and O–H groups in total. The third kappa shape index (κ3) is 2.73. The van der Waals surface area contributed by atoms with Crippen molar-refractivity contribution in [3.63, 3.8) is 0 Å². The van der Waals surface area contributed by atoms with Crippen LogP contribution in [0.5, 0.6) is 5.75 Å². The highest BCUT2D eigenvalue weighted by atomic mass is 35.5. The van der Waals surface area contributed by atoms with E-state index in [-0.39, 0.29) is 63.2 Å². The minimum Gasteiger partial charge on any atom is -0.508 e. The molecule has 3 heterocycles. The maximum Gasteiger partial charge on any atom is 0.305 e. The zero-order valence-corrected chi connectivity index (χ0v) is 20.1. The standard InChI is InChI=1S/C25H19ClN2O4S2/c26-11-3-5-12(6-4-11)28-23(30)18-14-9-15(19(18)24(28)31)20-17(14)16(10-1-7-13(29)8-2-10)21-22(33-20)27-25(32)34-21/h1-8,14-20,29H,9H2,(H,27,32)/t14-,15-,16+,17+,18+,19+,20-/m1/s1. The molecular formula is C25H19ClN2O4S2. The lowest BCUT2D eigenvalue weighted by atomic mass is 9.68. The van der Waals surface area contributed by atoms with Gasteiger partial charge in [0.25, 0.3) is 0 Å². The zero-order chi connectivity index (χ0) is 23.3. The summed E-state index contributed by atoms with van der Waals surface area (Å²) in [4.78, 5) is 44.8. The number of hydrogen-bond donors (Lipinski definition) is 2. The van der Waals surface area contributed by atoms with Crippen LogP contribution in [0.15, 0.2) is 58.4 Å². The first-order valence-electron chi connectivity index (χ1n) is 11.2. The minimum absolute atomic E-state index is 0.0470. The summed E-state index contributed by atoms with van der Waals surface area (Å²) in [5.41, 5.74) is 1.60. The maximum atomic E-state index is 13.7. The van der Waals surface area contributed by atoms with Crippen LogP contribution >= 0.6 is 34.7 Å². The van der Waals surface area contributed by atoms with E-state index in [1.165, 1.54) is 16.2 Å². The fraction of sp³-hybridized carbons (Fsp3) is 0.320. The van der Waals surface area contributed by atoms with Crippen LogP contribution in [0.4, 0.5) is 5.69 Å². The second kappa shape index (κ2) is 7.23. The molecule has 9 heteroatoms. The van der Waals surface area contributed by atoms with Gasteiger partial charge in [0.1, 0.15) is 5.75 Å². The number of H-pyrrole nitrogens is 1. The topological polar surface area (TPSA) is 90.5 Å². The average Bonchev–Trinajstić information content (AvgIpc) is 3.54. The number of thioether (sulfide) groups is 1. The Morgan fingerprint density at radius 1 is 0.941 bits per heavy atom. The number of halogens is 1. The smallest absolute Gasteiger partial charge is 0.305 e. The molecule has 2 amide bonds. The number of nitrogens with one attached hydrogen (secondary N) is 1. The number of thiazole rings is 1. The van der Waals surface area contributed by atoms with Crippen molar-refractivity contribution in [3.05, 3.63) is 73.7 Å². The number of hydrogen-bond acceptors (Lipinski definition) is 6. The largest absolute Gasteiger partial charge is 0.508 e. The number of phenolic OH excluding ortho intramolecular Hbond substituents is 1. The van der Waals surface area contributed by atoms with Gasteiger partial charge in [-0.1, -0.05) is 35.1 Å². The van der Waals surface area contributed by atoms with Crippen LogP contribution in [0.2, 0.25) is 5.02 Å². The number of carbonyl (C=O) groups is 2. The van der Waals surface area contributed by atoms with E-state index in [9.17, 15) is 19.5 Å². The third-order valence-corrected chi connectivity index (χ3v) is 10.9. The molecular weight excluding hydrogens is 492 g/mol. The van der Waals surface area contributed by atoms with E-state index in [2.05, 4.69) is 4.98 Å². The first kappa shape index (κ1) is 20.8. The maximum absolute atomic E-state index is 13.7.